The zero-order valence-corrected chi connectivity index (χ0v) is 21.3. The summed E-state index contributed by atoms with van der Waals surface area (Å²) in [6, 6.07) is 18.7. The highest BCUT2D eigenvalue weighted by Crippen LogP contribution is 2.30. The van der Waals surface area contributed by atoms with Crippen LogP contribution in [0.5, 0.6) is 0 Å². The number of fused-ring (bicyclic) bond motifs is 1. The summed E-state index contributed by atoms with van der Waals surface area (Å²) in [4.78, 5) is 18.2. The fourth-order valence-corrected chi connectivity index (χ4v) is 5.63. The van der Waals surface area contributed by atoms with Crippen LogP contribution in [0.4, 0.5) is 0 Å². The van der Waals surface area contributed by atoms with Gasteiger partial charge in [-0.2, -0.15) is 5.10 Å². The van der Waals surface area contributed by atoms with Crippen LogP contribution in [-0.4, -0.2) is 70.9 Å². The number of aliphatic hydroxyl groups excluding tert-OH is 1. The number of carbonyl (C=O) groups is 1. The highest BCUT2D eigenvalue weighted by atomic mass is 32.2. The molecule has 2 atom stereocenters. The van der Waals surface area contributed by atoms with Gasteiger partial charge in [-0.25, -0.2) is 17.9 Å². The third kappa shape index (κ3) is 5.56. The molecule has 2 aromatic heterocycles. The SMILES string of the molecule is CS(=O)(=O)c1ccc(-c2cccn3nc(Cc4cccc([C@@H]5CCN(CC(N)=O)C[C@@H]5O)c4)nc23)cc1. The Morgan fingerprint density at radius 1 is 1.14 bits per heavy atom. The molecule has 192 valence electrons. The maximum Gasteiger partial charge on any atom is 0.231 e. The van der Waals surface area contributed by atoms with Crippen LogP contribution >= 0.6 is 0 Å². The summed E-state index contributed by atoms with van der Waals surface area (Å²) in [5, 5.41) is 15.4. The van der Waals surface area contributed by atoms with E-state index in [1.165, 1.54) is 6.26 Å². The van der Waals surface area contributed by atoms with E-state index >= 15 is 0 Å². The Morgan fingerprint density at radius 2 is 1.92 bits per heavy atom. The number of rotatable bonds is 7. The van der Waals surface area contributed by atoms with E-state index in [0.29, 0.717) is 31.0 Å². The summed E-state index contributed by atoms with van der Waals surface area (Å²) in [5.41, 5.74) is 9.81. The van der Waals surface area contributed by atoms with Gasteiger partial charge in [-0.05, 0) is 53.9 Å². The van der Waals surface area contributed by atoms with Crippen molar-refractivity contribution < 1.29 is 18.3 Å². The van der Waals surface area contributed by atoms with E-state index < -0.39 is 15.9 Å². The average molecular weight is 520 g/mol. The number of amides is 1. The van der Waals surface area contributed by atoms with Gasteiger partial charge >= 0.3 is 0 Å². The van der Waals surface area contributed by atoms with Gasteiger partial charge in [0.15, 0.2) is 21.3 Å². The normalized spacial score (nSPS) is 18.8. The number of aromatic nitrogens is 3. The van der Waals surface area contributed by atoms with Crippen LogP contribution in [0.2, 0.25) is 0 Å². The molecule has 37 heavy (non-hydrogen) atoms. The summed E-state index contributed by atoms with van der Waals surface area (Å²) in [6.07, 6.45) is 3.72. The van der Waals surface area contributed by atoms with Crippen LogP contribution in [-0.2, 0) is 21.1 Å². The van der Waals surface area contributed by atoms with E-state index in [9.17, 15) is 18.3 Å². The first-order valence-corrected chi connectivity index (χ1v) is 14.0. The van der Waals surface area contributed by atoms with Crippen molar-refractivity contribution in [1.29, 1.82) is 0 Å². The number of likely N-dealkylation sites (tertiary alicyclic amines) is 1. The molecule has 0 spiro atoms. The van der Waals surface area contributed by atoms with Gasteiger partial charge in [0.25, 0.3) is 0 Å². The Bertz CT molecular complexity index is 1550. The number of piperidine rings is 1. The van der Waals surface area contributed by atoms with Crippen LogP contribution in [0.25, 0.3) is 16.8 Å². The fraction of sp³-hybridized carbons (Fsp3) is 0.296. The number of sulfone groups is 1. The quantitative estimate of drug-likeness (QED) is 0.382. The number of nitrogens with zero attached hydrogens (tertiary/aromatic N) is 4. The Labute approximate surface area is 215 Å². The summed E-state index contributed by atoms with van der Waals surface area (Å²) < 4.78 is 25.3. The van der Waals surface area contributed by atoms with Crippen molar-refractivity contribution in [1.82, 2.24) is 19.5 Å². The molecule has 3 heterocycles. The van der Waals surface area contributed by atoms with Crippen LogP contribution in [0, 0.1) is 0 Å². The Morgan fingerprint density at radius 3 is 2.62 bits per heavy atom. The second-order valence-corrected chi connectivity index (χ2v) is 11.6. The molecule has 9 nitrogen and oxygen atoms in total. The smallest absolute Gasteiger partial charge is 0.231 e. The number of nitrogens with two attached hydrogens (primary N) is 1. The third-order valence-electron chi connectivity index (χ3n) is 6.79. The second kappa shape index (κ2) is 10.0. The summed E-state index contributed by atoms with van der Waals surface area (Å²) in [5.74, 6) is 0.260. The number of primary amides is 1. The Kier molecular flexibility index (Phi) is 6.80. The molecular weight excluding hydrogens is 490 g/mol. The number of hydrogen-bond acceptors (Lipinski definition) is 7. The van der Waals surface area contributed by atoms with Gasteiger partial charge in [-0.15, -0.1) is 0 Å². The highest BCUT2D eigenvalue weighted by molar-refractivity contribution is 7.90. The molecule has 1 fully saturated rings. The van der Waals surface area contributed by atoms with Crippen molar-refractivity contribution in [3.05, 3.63) is 83.8 Å². The standard InChI is InChI=1S/C27H29N5O4S/c1-37(35,36)21-9-7-19(8-10-21)23-6-3-12-32-27(23)29-26(30-32)15-18-4-2-5-20(14-18)22-11-13-31(16-24(22)33)17-25(28)34/h2-10,12,14,22,24,33H,11,13,15-17H2,1H3,(H2,28,34)/t22-,24-/m0/s1. The lowest BCUT2D eigenvalue weighted by Crippen LogP contribution is -2.46. The van der Waals surface area contributed by atoms with Gasteiger partial charge < -0.3 is 10.8 Å². The van der Waals surface area contributed by atoms with Crippen molar-refractivity contribution in [2.75, 3.05) is 25.9 Å². The van der Waals surface area contributed by atoms with Crippen molar-refractivity contribution in [3.8, 4) is 11.1 Å². The number of benzene rings is 2. The maximum absolute atomic E-state index is 11.8. The van der Waals surface area contributed by atoms with Crippen molar-refractivity contribution >= 4 is 21.4 Å². The zero-order chi connectivity index (χ0) is 26.2. The van der Waals surface area contributed by atoms with Crippen LogP contribution < -0.4 is 5.73 Å². The molecule has 0 unspecified atom stereocenters. The van der Waals surface area contributed by atoms with E-state index in [2.05, 4.69) is 11.2 Å². The maximum atomic E-state index is 11.8. The molecule has 1 amide bonds. The number of aliphatic hydroxyl groups is 1. The van der Waals surface area contributed by atoms with Crippen LogP contribution in [0.1, 0.15) is 29.3 Å². The molecule has 5 rings (SSSR count). The summed E-state index contributed by atoms with van der Waals surface area (Å²) in [6.45, 7) is 1.28. The predicted octanol–water partition coefficient (Wildman–Crippen LogP) is 2.03. The highest BCUT2D eigenvalue weighted by Gasteiger charge is 2.29. The molecule has 0 saturated carbocycles. The van der Waals surface area contributed by atoms with E-state index in [0.717, 1.165) is 28.7 Å². The first-order valence-electron chi connectivity index (χ1n) is 12.1. The molecule has 1 saturated heterocycles. The molecule has 3 N–H and O–H groups in total. The molecule has 4 aromatic rings. The van der Waals surface area contributed by atoms with Crippen LogP contribution in [0.3, 0.4) is 0 Å². The fourth-order valence-electron chi connectivity index (χ4n) is 5.00. The lowest BCUT2D eigenvalue weighted by molar-refractivity contribution is -0.119. The lowest BCUT2D eigenvalue weighted by atomic mass is 9.86. The van der Waals surface area contributed by atoms with Gasteiger partial charge in [0.1, 0.15) is 0 Å². The van der Waals surface area contributed by atoms with Crippen molar-refractivity contribution in [3.63, 3.8) is 0 Å². The van der Waals surface area contributed by atoms with Crippen molar-refractivity contribution in [2.45, 2.75) is 29.8 Å². The molecule has 2 aromatic carbocycles. The third-order valence-corrected chi connectivity index (χ3v) is 7.92. The molecule has 0 aliphatic carbocycles. The van der Waals surface area contributed by atoms with Gasteiger partial charge in [0.2, 0.25) is 5.91 Å². The topological polar surface area (TPSA) is 131 Å². The predicted molar refractivity (Wildman–Crippen MR) is 140 cm³/mol. The zero-order valence-electron chi connectivity index (χ0n) is 20.5. The molecule has 1 aliphatic rings. The minimum Gasteiger partial charge on any atom is -0.391 e. The van der Waals surface area contributed by atoms with E-state index in [1.807, 2.05) is 41.4 Å². The molecule has 10 heteroatoms. The van der Waals surface area contributed by atoms with E-state index in [-0.39, 0.29) is 23.3 Å². The van der Waals surface area contributed by atoms with Gasteiger partial charge in [-0.1, -0.05) is 36.4 Å². The summed E-state index contributed by atoms with van der Waals surface area (Å²) in [7, 11) is -3.27. The van der Waals surface area contributed by atoms with Gasteiger partial charge in [0.05, 0.1) is 17.5 Å². The van der Waals surface area contributed by atoms with Gasteiger partial charge in [-0.3, -0.25) is 9.69 Å². The van der Waals surface area contributed by atoms with Crippen molar-refractivity contribution in [2.24, 2.45) is 5.73 Å². The molecule has 0 bridgehead atoms. The monoisotopic (exact) mass is 519 g/mol. The number of pyridine rings is 1. The van der Waals surface area contributed by atoms with E-state index in [4.69, 9.17) is 10.7 Å². The van der Waals surface area contributed by atoms with Crippen LogP contribution in [0.15, 0.2) is 71.8 Å². The average Bonchev–Trinajstić information content (AvgIpc) is 3.26. The summed E-state index contributed by atoms with van der Waals surface area (Å²) >= 11 is 0. The van der Waals surface area contributed by atoms with Gasteiger partial charge in [0, 0.05) is 36.9 Å². The number of hydrogen-bond donors (Lipinski definition) is 2. The largest absolute Gasteiger partial charge is 0.391 e. The minimum absolute atomic E-state index is 0.0142. The van der Waals surface area contributed by atoms with E-state index in [1.54, 1.807) is 28.8 Å². The Hall–Kier alpha value is -3.60. The Balaban J connectivity index is 1.36. The number of β-amino-alcohol motifs (C(OH)–C–C–N with tert-alkyl or cyclic N) is 1. The first-order chi connectivity index (χ1) is 17.7. The molecule has 0 radical (unpaired) electrons. The first kappa shape index (κ1) is 25.1. The second-order valence-electron chi connectivity index (χ2n) is 9.60. The lowest BCUT2D eigenvalue weighted by Gasteiger charge is -2.35. The minimum atomic E-state index is -3.27. The number of carbonyl (C=O) groups excluding carboxylic acids is 1. The molecule has 1 aliphatic heterocycles. The molecular formula is C27H29N5O4S.